The molecule has 140 valence electrons. The molecule has 4 N–H and O–H groups in total. The average Bonchev–Trinajstić information content (AvgIpc) is 2.34. The fourth-order valence-electron chi connectivity index (χ4n) is 2.12. The van der Waals surface area contributed by atoms with E-state index in [1.165, 1.54) is 17.2 Å². The molecule has 0 radical (unpaired) electrons. The molecule has 0 aromatic heterocycles. The van der Waals surface area contributed by atoms with Crippen LogP contribution in [0.15, 0.2) is 34.9 Å². The highest BCUT2D eigenvalue weighted by molar-refractivity contribution is 7.70. The maximum Gasteiger partial charge on any atom is 0.341 e. The summed E-state index contributed by atoms with van der Waals surface area (Å²) in [6, 6.07) is 0. The van der Waals surface area contributed by atoms with Crippen molar-refractivity contribution in [1.82, 2.24) is 0 Å². The van der Waals surface area contributed by atoms with Crippen molar-refractivity contribution in [3.05, 3.63) is 34.9 Å². The summed E-state index contributed by atoms with van der Waals surface area (Å²) in [4.78, 5) is 36.3. The summed E-state index contributed by atoms with van der Waals surface area (Å²) in [6.07, 6.45) is 8.97. The highest BCUT2D eigenvalue weighted by Crippen LogP contribution is 2.61. The van der Waals surface area contributed by atoms with Gasteiger partial charge in [0.2, 0.25) is 0 Å². The molecule has 24 heavy (non-hydrogen) atoms. The molecule has 0 amide bonds. The van der Waals surface area contributed by atoms with Gasteiger partial charge in [0.1, 0.15) is 0 Å². The van der Waals surface area contributed by atoms with E-state index in [0.717, 1.165) is 24.8 Å². The maximum absolute atomic E-state index is 11.2. The predicted molar refractivity (Wildman–Crippen MR) is 97.9 cm³/mol. The van der Waals surface area contributed by atoms with Crippen LogP contribution < -0.4 is 0 Å². The third-order valence-corrected chi connectivity index (χ3v) is 7.36. The van der Waals surface area contributed by atoms with E-state index in [4.69, 9.17) is 19.6 Å². The monoisotopic (exact) mass is 380 g/mol. The van der Waals surface area contributed by atoms with Gasteiger partial charge in [-0.15, -0.1) is 0 Å². The topological polar surface area (TPSA) is 115 Å². The predicted octanol–water partition coefficient (Wildman–Crippen LogP) is 4.48. The summed E-state index contributed by atoms with van der Waals surface area (Å²) in [5, 5.41) is -1.96. The van der Waals surface area contributed by atoms with Crippen molar-refractivity contribution in [1.29, 1.82) is 0 Å². The Morgan fingerprint density at radius 3 is 1.62 bits per heavy atom. The van der Waals surface area contributed by atoms with E-state index >= 15 is 0 Å². The lowest BCUT2D eigenvalue weighted by molar-refractivity contribution is 0.338. The molecule has 0 rings (SSSR count). The Morgan fingerprint density at radius 1 is 0.792 bits per heavy atom. The summed E-state index contributed by atoms with van der Waals surface area (Å²) in [7, 11) is -9.68. The third-order valence-electron chi connectivity index (χ3n) is 3.58. The van der Waals surface area contributed by atoms with Gasteiger partial charge in [-0.2, -0.15) is 0 Å². The van der Waals surface area contributed by atoms with E-state index in [2.05, 4.69) is 32.9 Å². The lowest BCUT2D eigenvalue weighted by Crippen LogP contribution is -2.08. The fourth-order valence-corrected chi connectivity index (χ4v) is 4.44. The summed E-state index contributed by atoms with van der Waals surface area (Å²) in [5.74, 6) is 0. The number of hydrogen-bond donors (Lipinski definition) is 4. The lowest BCUT2D eigenvalue weighted by Gasteiger charge is -2.18. The molecule has 8 heteroatoms. The Bertz CT molecular complexity index is 553. The van der Waals surface area contributed by atoms with E-state index in [1.54, 1.807) is 6.92 Å². The first-order valence-electron chi connectivity index (χ1n) is 7.89. The molecule has 0 bridgehead atoms. The Morgan fingerprint density at radius 2 is 1.21 bits per heavy atom. The van der Waals surface area contributed by atoms with Crippen LogP contribution in [0.1, 0.15) is 59.8 Å². The van der Waals surface area contributed by atoms with E-state index in [1.807, 2.05) is 0 Å². The lowest BCUT2D eigenvalue weighted by atomic mass is 10.1. The average molecular weight is 380 g/mol. The van der Waals surface area contributed by atoms with E-state index in [-0.39, 0.29) is 6.42 Å². The first kappa shape index (κ1) is 23.5. The molecule has 0 unspecified atom stereocenters. The summed E-state index contributed by atoms with van der Waals surface area (Å²) in [6.45, 7) is 7.99. The van der Waals surface area contributed by atoms with E-state index < -0.39 is 20.6 Å². The summed E-state index contributed by atoms with van der Waals surface area (Å²) < 4.78 is 22.4. The van der Waals surface area contributed by atoms with Crippen LogP contribution in [0.25, 0.3) is 0 Å². The van der Waals surface area contributed by atoms with Crippen LogP contribution in [0, 0.1) is 0 Å². The van der Waals surface area contributed by atoms with Gasteiger partial charge in [0.05, 0.1) is 0 Å². The molecule has 6 nitrogen and oxygen atoms in total. The molecule has 0 spiro atoms. The highest BCUT2D eigenvalue weighted by atomic mass is 31.2. The number of allylic oxidation sites excluding steroid dienone is 6. The van der Waals surface area contributed by atoms with Crippen LogP contribution in [0.3, 0.4) is 0 Å². The van der Waals surface area contributed by atoms with E-state index in [9.17, 15) is 9.13 Å². The van der Waals surface area contributed by atoms with Crippen LogP contribution in [0.2, 0.25) is 0 Å². The SMILES string of the molecule is CC(C)=CCC/C(C)=C/CC/C(C)=C/CC(P(=O)(O)O)P(=O)(O)O. The smallest absolute Gasteiger partial charge is 0.324 e. The fraction of sp³-hybridized carbons (Fsp3) is 0.625. The molecule has 0 saturated carbocycles. The molecule has 0 aliphatic rings. The van der Waals surface area contributed by atoms with Crippen molar-refractivity contribution in [2.45, 2.75) is 65.2 Å². The zero-order valence-corrected chi connectivity index (χ0v) is 16.6. The first-order valence-corrected chi connectivity index (χ1v) is 11.3. The molecule has 0 aromatic carbocycles. The van der Waals surface area contributed by atoms with Crippen molar-refractivity contribution in [2.24, 2.45) is 0 Å². The van der Waals surface area contributed by atoms with E-state index in [0.29, 0.717) is 6.42 Å². The molecular formula is C16H30O6P2. The minimum atomic E-state index is -4.84. The second kappa shape index (κ2) is 10.5. The van der Waals surface area contributed by atoms with Gasteiger partial charge in [-0.25, -0.2) is 0 Å². The Hall–Kier alpha value is -0.480. The first-order chi connectivity index (χ1) is 10.8. The molecule has 0 saturated heterocycles. The van der Waals surface area contributed by atoms with Crippen molar-refractivity contribution in [2.75, 3.05) is 0 Å². The number of rotatable bonds is 10. The molecule has 0 aliphatic carbocycles. The molecule has 0 atom stereocenters. The molecule has 0 fully saturated rings. The quantitative estimate of drug-likeness (QED) is 0.328. The van der Waals surface area contributed by atoms with Gasteiger partial charge in [0.15, 0.2) is 5.40 Å². The van der Waals surface area contributed by atoms with Crippen LogP contribution in [-0.2, 0) is 9.13 Å². The molecule has 0 aliphatic heterocycles. The minimum Gasteiger partial charge on any atom is -0.324 e. The van der Waals surface area contributed by atoms with Crippen molar-refractivity contribution in [3.8, 4) is 0 Å². The van der Waals surface area contributed by atoms with Crippen molar-refractivity contribution < 1.29 is 28.7 Å². The van der Waals surface area contributed by atoms with Gasteiger partial charge >= 0.3 is 15.2 Å². The molecule has 0 aromatic rings. The number of hydrogen-bond acceptors (Lipinski definition) is 2. The highest BCUT2D eigenvalue weighted by Gasteiger charge is 2.42. The second-order valence-electron chi connectivity index (χ2n) is 6.35. The Labute approximate surface area is 144 Å². The molecular weight excluding hydrogens is 350 g/mol. The van der Waals surface area contributed by atoms with Gasteiger partial charge in [-0.3, -0.25) is 9.13 Å². The van der Waals surface area contributed by atoms with Crippen LogP contribution in [0.5, 0.6) is 0 Å². The largest absolute Gasteiger partial charge is 0.341 e. The van der Waals surface area contributed by atoms with Crippen molar-refractivity contribution >= 4 is 15.2 Å². The zero-order valence-electron chi connectivity index (χ0n) is 14.8. The van der Waals surface area contributed by atoms with Crippen LogP contribution >= 0.6 is 15.2 Å². The van der Waals surface area contributed by atoms with Gasteiger partial charge in [-0.1, -0.05) is 34.9 Å². The normalized spacial score (nSPS) is 14.2. The van der Waals surface area contributed by atoms with Crippen LogP contribution in [-0.4, -0.2) is 25.0 Å². The summed E-state index contributed by atoms with van der Waals surface area (Å²) in [5.41, 5.74) is 3.44. The minimum absolute atomic E-state index is 0.330. The maximum atomic E-state index is 11.2. The third kappa shape index (κ3) is 11.1. The van der Waals surface area contributed by atoms with Crippen molar-refractivity contribution in [3.63, 3.8) is 0 Å². The molecule has 0 heterocycles. The summed E-state index contributed by atoms with van der Waals surface area (Å²) >= 11 is 0. The second-order valence-corrected chi connectivity index (χ2v) is 10.4. The standard InChI is InChI=1S/C16H30O6P2/c1-13(2)7-5-8-14(3)9-6-10-15(4)11-12-16(23(17,18)19)24(20,21)22/h7,9,11,16H,5-6,8,10,12H2,1-4H3,(H2,17,18,19)(H2,20,21,22)/b14-9+,15-11+. The van der Waals surface area contributed by atoms with Gasteiger partial charge in [0.25, 0.3) is 0 Å². The Balaban J connectivity index is 4.53. The zero-order chi connectivity index (χ0) is 19.0. The van der Waals surface area contributed by atoms with Gasteiger partial charge in [0, 0.05) is 0 Å². The Kier molecular flexibility index (Phi) is 10.3. The van der Waals surface area contributed by atoms with Gasteiger partial charge in [-0.05, 0) is 59.8 Å². The van der Waals surface area contributed by atoms with Gasteiger partial charge < -0.3 is 19.6 Å². The van der Waals surface area contributed by atoms with Crippen LogP contribution in [0.4, 0.5) is 0 Å².